The topological polar surface area (TPSA) is 67.4 Å². The maximum Gasteiger partial charge on any atom is 0.243 e. The molecule has 0 aliphatic heterocycles. The van der Waals surface area contributed by atoms with Gasteiger partial charge in [-0.25, -0.2) is 0 Å². The van der Waals surface area contributed by atoms with Crippen molar-refractivity contribution in [2.75, 3.05) is 11.9 Å². The lowest BCUT2D eigenvalue weighted by molar-refractivity contribution is -0.130. The summed E-state index contributed by atoms with van der Waals surface area (Å²) in [5.41, 5.74) is 0.0834. The predicted octanol–water partition coefficient (Wildman–Crippen LogP) is 2.57. The summed E-state index contributed by atoms with van der Waals surface area (Å²) in [4.78, 5) is 23.6. The van der Waals surface area contributed by atoms with Crippen LogP contribution in [0, 0.1) is 5.41 Å². The largest absolute Gasteiger partial charge is 0.489 e. The summed E-state index contributed by atoms with van der Waals surface area (Å²) in [5, 5.41) is 5.36. The SMILES string of the molecule is CC(C)Oc1ccccc1NC(=O)CNC(=O)C(C)(C)C. The molecule has 2 amide bonds. The molecule has 1 aromatic carbocycles. The lowest BCUT2D eigenvalue weighted by Gasteiger charge is -2.18. The van der Waals surface area contributed by atoms with E-state index in [-0.39, 0.29) is 24.5 Å². The molecule has 1 aromatic rings. The van der Waals surface area contributed by atoms with Crippen LogP contribution in [-0.2, 0) is 9.59 Å². The molecule has 116 valence electrons. The van der Waals surface area contributed by atoms with Gasteiger partial charge < -0.3 is 15.4 Å². The highest BCUT2D eigenvalue weighted by molar-refractivity contribution is 5.96. The van der Waals surface area contributed by atoms with E-state index in [2.05, 4.69) is 10.6 Å². The Bertz CT molecular complexity index is 504. The smallest absolute Gasteiger partial charge is 0.243 e. The number of hydrogen-bond donors (Lipinski definition) is 2. The molecule has 5 heteroatoms. The number of ether oxygens (including phenoxy) is 1. The van der Waals surface area contributed by atoms with Crippen molar-refractivity contribution in [2.45, 2.75) is 40.7 Å². The molecule has 0 aromatic heterocycles. The summed E-state index contributed by atoms with van der Waals surface area (Å²) in [6, 6.07) is 7.22. The van der Waals surface area contributed by atoms with E-state index in [0.29, 0.717) is 11.4 Å². The fourth-order valence-electron chi connectivity index (χ4n) is 1.55. The standard InChI is InChI=1S/C16H24N2O3/c1-11(2)21-13-9-7-6-8-12(13)18-14(19)10-17-15(20)16(3,4)5/h6-9,11H,10H2,1-5H3,(H,17,20)(H,18,19). The number of para-hydroxylation sites is 2. The predicted molar refractivity (Wildman–Crippen MR) is 83.3 cm³/mol. The Morgan fingerprint density at radius 2 is 1.81 bits per heavy atom. The van der Waals surface area contributed by atoms with Gasteiger partial charge in [0, 0.05) is 5.41 Å². The van der Waals surface area contributed by atoms with Crippen molar-refractivity contribution in [1.29, 1.82) is 0 Å². The first-order valence-corrected chi connectivity index (χ1v) is 7.04. The fourth-order valence-corrected chi connectivity index (χ4v) is 1.55. The Kier molecular flexibility index (Phi) is 5.76. The number of benzene rings is 1. The van der Waals surface area contributed by atoms with Crippen LogP contribution < -0.4 is 15.4 Å². The number of carbonyl (C=O) groups is 2. The van der Waals surface area contributed by atoms with E-state index in [9.17, 15) is 9.59 Å². The second-order valence-electron chi connectivity index (χ2n) is 6.14. The van der Waals surface area contributed by atoms with Crippen LogP contribution >= 0.6 is 0 Å². The third-order valence-corrected chi connectivity index (χ3v) is 2.61. The lowest BCUT2D eigenvalue weighted by atomic mass is 9.96. The summed E-state index contributed by atoms with van der Waals surface area (Å²) in [7, 11) is 0. The van der Waals surface area contributed by atoms with Crippen LogP contribution in [0.5, 0.6) is 5.75 Å². The summed E-state index contributed by atoms with van der Waals surface area (Å²) in [6.45, 7) is 9.17. The molecular formula is C16H24N2O3. The summed E-state index contributed by atoms with van der Waals surface area (Å²) in [5.74, 6) is 0.166. The van der Waals surface area contributed by atoms with Gasteiger partial charge >= 0.3 is 0 Å². The molecule has 2 N–H and O–H groups in total. The molecule has 21 heavy (non-hydrogen) atoms. The average molecular weight is 292 g/mol. The average Bonchev–Trinajstić information content (AvgIpc) is 2.36. The number of amides is 2. The minimum absolute atomic E-state index is 0.0173. The van der Waals surface area contributed by atoms with Crippen molar-refractivity contribution in [3.8, 4) is 5.75 Å². The summed E-state index contributed by atoms with van der Waals surface area (Å²) in [6.07, 6.45) is 0.0173. The van der Waals surface area contributed by atoms with E-state index in [1.807, 2.05) is 26.0 Å². The maximum absolute atomic E-state index is 11.9. The van der Waals surface area contributed by atoms with Gasteiger partial charge in [-0.15, -0.1) is 0 Å². The molecule has 0 aliphatic rings. The van der Waals surface area contributed by atoms with Crippen LogP contribution in [0.3, 0.4) is 0 Å². The molecule has 0 saturated carbocycles. The minimum atomic E-state index is -0.515. The molecule has 0 atom stereocenters. The first-order valence-electron chi connectivity index (χ1n) is 7.04. The molecule has 0 radical (unpaired) electrons. The quantitative estimate of drug-likeness (QED) is 0.876. The molecule has 0 fully saturated rings. The van der Waals surface area contributed by atoms with Gasteiger partial charge in [-0.2, -0.15) is 0 Å². The molecule has 1 rings (SSSR count). The molecule has 0 saturated heterocycles. The molecule has 0 spiro atoms. The van der Waals surface area contributed by atoms with Crippen LogP contribution in [0.2, 0.25) is 0 Å². The normalized spacial score (nSPS) is 11.1. The molecule has 0 heterocycles. The third kappa shape index (κ3) is 5.85. The van der Waals surface area contributed by atoms with Gasteiger partial charge in [-0.3, -0.25) is 9.59 Å². The van der Waals surface area contributed by atoms with E-state index in [1.54, 1.807) is 32.9 Å². The van der Waals surface area contributed by atoms with E-state index in [0.717, 1.165) is 0 Å². The first kappa shape index (κ1) is 17.0. The molecular weight excluding hydrogens is 268 g/mol. The molecule has 0 aliphatic carbocycles. The Balaban J connectivity index is 2.61. The van der Waals surface area contributed by atoms with Crippen molar-refractivity contribution < 1.29 is 14.3 Å². The Morgan fingerprint density at radius 3 is 2.38 bits per heavy atom. The number of carbonyl (C=O) groups excluding carboxylic acids is 2. The zero-order chi connectivity index (χ0) is 16.0. The van der Waals surface area contributed by atoms with Crippen molar-refractivity contribution in [2.24, 2.45) is 5.41 Å². The van der Waals surface area contributed by atoms with E-state index >= 15 is 0 Å². The van der Waals surface area contributed by atoms with Crippen molar-refractivity contribution in [3.05, 3.63) is 24.3 Å². The molecule has 0 unspecified atom stereocenters. The monoisotopic (exact) mass is 292 g/mol. The van der Waals surface area contributed by atoms with E-state index in [4.69, 9.17) is 4.74 Å². The van der Waals surface area contributed by atoms with Gasteiger partial charge in [0.05, 0.1) is 18.3 Å². The second kappa shape index (κ2) is 7.11. The highest BCUT2D eigenvalue weighted by atomic mass is 16.5. The van der Waals surface area contributed by atoms with Crippen LogP contribution in [0.15, 0.2) is 24.3 Å². The Hall–Kier alpha value is -2.04. The maximum atomic E-state index is 11.9. The summed E-state index contributed by atoms with van der Waals surface area (Å²) >= 11 is 0. The lowest BCUT2D eigenvalue weighted by Crippen LogP contribution is -2.39. The van der Waals surface area contributed by atoms with Crippen LogP contribution in [-0.4, -0.2) is 24.5 Å². The van der Waals surface area contributed by atoms with Crippen molar-refractivity contribution in [3.63, 3.8) is 0 Å². The zero-order valence-electron chi connectivity index (χ0n) is 13.3. The van der Waals surface area contributed by atoms with Gasteiger partial charge in [-0.05, 0) is 26.0 Å². The van der Waals surface area contributed by atoms with E-state index < -0.39 is 5.41 Å². The van der Waals surface area contributed by atoms with Crippen LogP contribution in [0.1, 0.15) is 34.6 Å². The fraction of sp³-hybridized carbons (Fsp3) is 0.500. The van der Waals surface area contributed by atoms with E-state index in [1.165, 1.54) is 0 Å². The third-order valence-electron chi connectivity index (χ3n) is 2.61. The van der Waals surface area contributed by atoms with Crippen molar-refractivity contribution >= 4 is 17.5 Å². The number of hydrogen-bond acceptors (Lipinski definition) is 3. The van der Waals surface area contributed by atoms with Crippen LogP contribution in [0.4, 0.5) is 5.69 Å². The summed E-state index contributed by atoms with van der Waals surface area (Å²) < 4.78 is 5.62. The van der Waals surface area contributed by atoms with Crippen LogP contribution in [0.25, 0.3) is 0 Å². The Morgan fingerprint density at radius 1 is 1.19 bits per heavy atom. The molecule has 0 bridgehead atoms. The van der Waals surface area contributed by atoms with Gasteiger partial charge in [0.15, 0.2) is 0 Å². The number of anilines is 1. The van der Waals surface area contributed by atoms with Crippen molar-refractivity contribution in [1.82, 2.24) is 5.32 Å². The highest BCUT2D eigenvalue weighted by Gasteiger charge is 2.21. The first-order chi connectivity index (χ1) is 9.70. The van der Waals surface area contributed by atoms with Gasteiger partial charge in [0.25, 0.3) is 0 Å². The molecule has 5 nitrogen and oxygen atoms in total. The second-order valence-corrected chi connectivity index (χ2v) is 6.14. The van der Waals surface area contributed by atoms with Gasteiger partial charge in [0.1, 0.15) is 5.75 Å². The Labute approximate surface area is 126 Å². The number of nitrogens with one attached hydrogen (secondary N) is 2. The number of rotatable bonds is 5. The van der Waals surface area contributed by atoms with Gasteiger partial charge in [0.2, 0.25) is 11.8 Å². The van der Waals surface area contributed by atoms with Gasteiger partial charge in [-0.1, -0.05) is 32.9 Å². The highest BCUT2D eigenvalue weighted by Crippen LogP contribution is 2.24. The minimum Gasteiger partial charge on any atom is -0.489 e. The zero-order valence-corrected chi connectivity index (χ0v) is 13.3.